The van der Waals surface area contributed by atoms with E-state index < -0.39 is 16.0 Å². The van der Waals surface area contributed by atoms with Crippen molar-refractivity contribution in [1.29, 1.82) is 0 Å². The highest BCUT2D eigenvalue weighted by atomic mass is 35.5. The number of anilines is 1. The third kappa shape index (κ3) is 3.51. The number of nitrogens with one attached hydrogen (secondary N) is 1. The number of carboxylic acid groups (broad SMARTS) is 1. The van der Waals surface area contributed by atoms with Crippen molar-refractivity contribution in [2.24, 2.45) is 5.92 Å². The number of hydrogen-bond donors (Lipinski definition) is 2. The van der Waals surface area contributed by atoms with Crippen LogP contribution in [0.2, 0.25) is 5.02 Å². The molecule has 0 saturated carbocycles. The molecule has 5 rings (SSSR count). The van der Waals surface area contributed by atoms with Gasteiger partial charge in [0.25, 0.3) is 0 Å². The van der Waals surface area contributed by atoms with Gasteiger partial charge >= 0.3 is 5.97 Å². The van der Waals surface area contributed by atoms with Crippen LogP contribution in [0.3, 0.4) is 0 Å². The molecule has 1 aliphatic carbocycles. The minimum Gasteiger partial charge on any atom is -0.478 e. The molecular weight excluding hydrogens is 452 g/mol. The van der Waals surface area contributed by atoms with Crippen LogP contribution in [0.15, 0.2) is 53.4 Å². The van der Waals surface area contributed by atoms with Gasteiger partial charge in [0, 0.05) is 19.0 Å². The summed E-state index contributed by atoms with van der Waals surface area (Å²) in [7, 11) is -3.56. The van der Waals surface area contributed by atoms with Crippen molar-refractivity contribution in [3.05, 3.63) is 70.3 Å². The van der Waals surface area contributed by atoms with Crippen LogP contribution in [0.4, 0.5) is 5.69 Å². The van der Waals surface area contributed by atoms with Crippen LogP contribution >= 0.6 is 11.6 Å². The first-order valence-corrected chi connectivity index (χ1v) is 12.4. The van der Waals surface area contributed by atoms with E-state index in [0.29, 0.717) is 42.6 Å². The Morgan fingerprint density at radius 3 is 2.53 bits per heavy atom. The largest absolute Gasteiger partial charge is 0.478 e. The van der Waals surface area contributed by atoms with Crippen molar-refractivity contribution in [3.8, 4) is 0 Å². The molecule has 0 bridgehead atoms. The van der Waals surface area contributed by atoms with Crippen molar-refractivity contribution in [2.75, 3.05) is 31.6 Å². The molecule has 2 aromatic rings. The molecule has 2 N–H and O–H groups in total. The van der Waals surface area contributed by atoms with E-state index in [1.807, 2.05) is 12.1 Å². The summed E-state index contributed by atoms with van der Waals surface area (Å²) in [5.74, 6) is -0.937. The average molecular weight is 475 g/mol. The average Bonchev–Trinajstić information content (AvgIpc) is 3.29. The zero-order valence-corrected chi connectivity index (χ0v) is 18.8. The van der Waals surface area contributed by atoms with E-state index in [0.717, 1.165) is 12.0 Å². The van der Waals surface area contributed by atoms with Gasteiger partial charge in [-0.1, -0.05) is 35.9 Å². The number of nitrogens with zero attached hydrogens (tertiary/aromatic N) is 1. The zero-order chi connectivity index (χ0) is 22.5. The number of rotatable bonds is 4. The molecule has 2 aliphatic heterocycles. The van der Waals surface area contributed by atoms with Crippen molar-refractivity contribution in [3.63, 3.8) is 0 Å². The number of aromatic carboxylic acids is 1. The van der Waals surface area contributed by atoms with Crippen LogP contribution in [0.25, 0.3) is 0 Å². The summed E-state index contributed by atoms with van der Waals surface area (Å²) in [5.41, 5.74) is 2.54. The number of carbonyl (C=O) groups is 1. The number of ether oxygens (including phenoxy) is 1. The van der Waals surface area contributed by atoms with Gasteiger partial charge in [0.15, 0.2) is 0 Å². The SMILES string of the molecule is O=C(O)c1ccc(Cl)c2c1[C@H]1C=CC[C@H]1[C@@H](c1ccc(S(=O)(=O)N3CCOCC3)cc1)N2. The first kappa shape index (κ1) is 21.5. The molecule has 0 radical (unpaired) electrons. The lowest BCUT2D eigenvalue weighted by Gasteiger charge is -2.38. The van der Waals surface area contributed by atoms with E-state index in [4.69, 9.17) is 16.3 Å². The molecule has 2 aromatic carbocycles. The van der Waals surface area contributed by atoms with Crippen LogP contribution in [-0.2, 0) is 14.8 Å². The Kier molecular flexibility index (Phi) is 5.49. The molecule has 32 heavy (non-hydrogen) atoms. The van der Waals surface area contributed by atoms with E-state index in [1.165, 1.54) is 4.31 Å². The predicted octanol–water partition coefficient (Wildman–Crippen LogP) is 3.89. The van der Waals surface area contributed by atoms with Gasteiger partial charge in [-0.05, 0) is 47.7 Å². The maximum Gasteiger partial charge on any atom is 0.336 e. The summed E-state index contributed by atoms with van der Waals surface area (Å²) in [6, 6.07) is 9.99. The molecule has 1 saturated heterocycles. The van der Waals surface area contributed by atoms with Gasteiger partial charge in [-0.3, -0.25) is 0 Å². The molecule has 1 fully saturated rings. The summed E-state index contributed by atoms with van der Waals surface area (Å²) >= 11 is 6.46. The van der Waals surface area contributed by atoms with Crippen molar-refractivity contribution in [1.82, 2.24) is 4.31 Å². The summed E-state index contributed by atoms with van der Waals surface area (Å²) in [5, 5.41) is 13.6. The highest BCUT2D eigenvalue weighted by Crippen LogP contribution is 2.52. The Morgan fingerprint density at radius 2 is 1.84 bits per heavy atom. The van der Waals surface area contributed by atoms with Crippen molar-refractivity contribution < 1.29 is 23.1 Å². The van der Waals surface area contributed by atoms with Gasteiger partial charge in [-0.15, -0.1) is 0 Å². The van der Waals surface area contributed by atoms with Gasteiger partial charge in [0.2, 0.25) is 10.0 Å². The summed E-state index contributed by atoms with van der Waals surface area (Å²) in [6.07, 6.45) is 4.92. The summed E-state index contributed by atoms with van der Waals surface area (Å²) in [6.45, 7) is 1.51. The molecule has 0 spiro atoms. The van der Waals surface area contributed by atoms with Gasteiger partial charge in [-0.2, -0.15) is 4.31 Å². The van der Waals surface area contributed by atoms with E-state index in [2.05, 4.69) is 17.5 Å². The summed E-state index contributed by atoms with van der Waals surface area (Å²) < 4.78 is 32.6. The Hall–Kier alpha value is -2.39. The van der Waals surface area contributed by atoms with Crippen molar-refractivity contribution >= 4 is 33.3 Å². The summed E-state index contributed by atoms with van der Waals surface area (Å²) in [4.78, 5) is 12.1. The van der Waals surface area contributed by atoms with Gasteiger partial charge < -0.3 is 15.2 Å². The topological polar surface area (TPSA) is 95.9 Å². The molecule has 0 unspecified atom stereocenters. The van der Waals surface area contributed by atoms with E-state index in [9.17, 15) is 18.3 Å². The molecule has 168 valence electrons. The molecule has 3 aliphatic rings. The molecule has 2 heterocycles. The fraction of sp³-hybridized carbons (Fsp3) is 0.348. The number of fused-ring (bicyclic) bond motifs is 3. The monoisotopic (exact) mass is 474 g/mol. The van der Waals surface area contributed by atoms with Crippen molar-refractivity contribution in [2.45, 2.75) is 23.3 Å². The van der Waals surface area contributed by atoms with Crippen LogP contribution in [0, 0.1) is 5.92 Å². The molecule has 7 nitrogen and oxygen atoms in total. The van der Waals surface area contributed by atoms with E-state index in [1.54, 1.807) is 24.3 Å². The minimum atomic E-state index is -3.56. The number of halogens is 1. The smallest absolute Gasteiger partial charge is 0.336 e. The third-order valence-electron chi connectivity index (χ3n) is 6.55. The van der Waals surface area contributed by atoms with Crippen LogP contribution in [0.1, 0.15) is 39.9 Å². The van der Waals surface area contributed by atoms with Gasteiger partial charge in [0.05, 0.1) is 40.4 Å². The number of allylic oxidation sites excluding steroid dienone is 2. The number of carboxylic acids is 1. The second-order valence-electron chi connectivity index (χ2n) is 8.25. The Morgan fingerprint density at radius 1 is 1.12 bits per heavy atom. The Labute approximate surface area is 191 Å². The molecule has 0 amide bonds. The molecule has 3 atom stereocenters. The van der Waals surface area contributed by atoms with E-state index >= 15 is 0 Å². The quantitative estimate of drug-likeness (QED) is 0.653. The number of hydrogen-bond acceptors (Lipinski definition) is 5. The Balaban J connectivity index is 1.49. The van der Waals surface area contributed by atoms with Crippen LogP contribution < -0.4 is 5.32 Å². The van der Waals surface area contributed by atoms with Gasteiger partial charge in [-0.25, -0.2) is 13.2 Å². The second-order valence-corrected chi connectivity index (χ2v) is 10.6. The lowest BCUT2D eigenvalue weighted by atomic mass is 9.75. The Bertz CT molecular complexity index is 1190. The zero-order valence-electron chi connectivity index (χ0n) is 17.2. The van der Waals surface area contributed by atoms with Crippen LogP contribution in [0.5, 0.6) is 0 Å². The van der Waals surface area contributed by atoms with E-state index in [-0.39, 0.29) is 28.3 Å². The lowest BCUT2D eigenvalue weighted by molar-refractivity contribution is 0.0695. The first-order valence-electron chi connectivity index (χ1n) is 10.5. The molecule has 0 aromatic heterocycles. The molecular formula is C23H23ClN2O5S. The van der Waals surface area contributed by atoms with Crippen LogP contribution in [-0.4, -0.2) is 50.1 Å². The number of sulfonamides is 1. The minimum absolute atomic E-state index is 0.0715. The maximum absolute atomic E-state index is 12.9. The third-order valence-corrected chi connectivity index (χ3v) is 8.77. The fourth-order valence-electron chi connectivity index (χ4n) is 4.97. The number of morpholine rings is 1. The molecule has 9 heteroatoms. The fourth-order valence-corrected chi connectivity index (χ4v) is 6.60. The lowest BCUT2D eigenvalue weighted by Crippen LogP contribution is -2.40. The second kappa shape index (κ2) is 8.19. The normalized spacial score (nSPS) is 25.1. The highest BCUT2D eigenvalue weighted by Gasteiger charge is 2.41. The standard InChI is InChI=1S/C23H23ClN2O5S/c24-19-9-8-18(23(27)28)20-16-2-1-3-17(16)21(25-22(19)20)14-4-6-15(7-5-14)32(29,30)26-10-12-31-13-11-26/h1-2,4-9,16-17,21,25H,3,10-13H2,(H,27,28)/t16-,17+,21+/m0/s1. The van der Waals surface area contributed by atoms with Gasteiger partial charge in [0.1, 0.15) is 0 Å². The number of benzene rings is 2. The predicted molar refractivity (Wildman–Crippen MR) is 121 cm³/mol. The maximum atomic E-state index is 12.9. The first-order chi connectivity index (χ1) is 15.4. The highest BCUT2D eigenvalue weighted by molar-refractivity contribution is 7.89.